The van der Waals surface area contributed by atoms with Gasteiger partial charge in [-0.1, -0.05) is 11.6 Å². The molecule has 58 valence electrons. The minimum atomic E-state index is 0.0278. The van der Waals surface area contributed by atoms with E-state index in [0.29, 0.717) is 11.6 Å². The van der Waals surface area contributed by atoms with Crippen molar-refractivity contribution < 1.29 is 4.74 Å². The summed E-state index contributed by atoms with van der Waals surface area (Å²) in [5.74, 6) is 0. The van der Waals surface area contributed by atoms with E-state index in [1.165, 1.54) is 0 Å². The summed E-state index contributed by atoms with van der Waals surface area (Å²) in [5.41, 5.74) is 0. The SMILES string of the molecule is COC1CC(Cl)=NC(C)N1. The van der Waals surface area contributed by atoms with Gasteiger partial charge in [-0.15, -0.1) is 0 Å². The summed E-state index contributed by atoms with van der Waals surface area (Å²) in [6, 6.07) is 0. The van der Waals surface area contributed by atoms with Crippen LogP contribution in [-0.4, -0.2) is 24.7 Å². The molecule has 3 nitrogen and oxygen atoms in total. The van der Waals surface area contributed by atoms with Crippen LogP contribution in [0.4, 0.5) is 0 Å². The van der Waals surface area contributed by atoms with Crippen LogP contribution in [0, 0.1) is 0 Å². The van der Waals surface area contributed by atoms with Crippen LogP contribution in [0.25, 0.3) is 0 Å². The molecule has 0 radical (unpaired) electrons. The second kappa shape index (κ2) is 3.32. The fourth-order valence-corrected chi connectivity index (χ4v) is 1.22. The third-order valence-electron chi connectivity index (χ3n) is 1.40. The molecule has 0 aromatic heterocycles. The summed E-state index contributed by atoms with van der Waals surface area (Å²) < 4.78 is 5.06. The second-order valence-electron chi connectivity index (χ2n) is 2.28. The van der Waals surface area contributed by atoms with Gasteiger partial charge in [-0.25, -0.2) is 0 Å². The van der Waals surface area contributed by atoms with Crippen molar-refractivity contribution in [2.24, 2.45) is 4.99 Å². The van der Waals surface area contributed by atoms with Crippen LogP contribution in [0.3, 0.4) is 0 Å². The summed E-state index contributed by atoms with van der Waals surface area (Å²) in [6.45, 7) is 1.94. The fraction of sp³-hybridized carbons (Fsp3) is 0.833. The highest BCUT2D eigenvalue weighted by atomic mass is 35.5. The van der Waals surface area contributed by atoms with E-state index in [4.69, 9.17) is 16.3 Å². The van der Waals surface area contributed by atoms with E-state index in [1.807, 2.05) is 6.92 Å². The van der Waals surface area contributed by atoms with Crippen LogP contribution in [0.15, 0.2) is 4.99 Å². The monoisotopic (exact) mass is 162 g/mol. The van der Waals surface area contributed by atoms with E-state index in [9.17, 15) is 0 Å². The van der Waals surface area contributed by atoms with Crippen molar-refractivity contribution in [1.29, 1.82) is 0 Å². The van der Waals surface area contributed by atoms with Crippen LogP contribution >= 0.6 is 11.6 Å². The zero-order chi connectivity index (χ0) is 7.56. The molecule has 1 rings (SSSR count). The number of nitrogens with one attached hydrogen (secondary N) is 1. The Morgan fingerprint density at radius 2 is 2.50 bits per heavy atom. The van der Waals surface area contributed by atoms with Crippen molar-refractivity contribution >= 4 is 16.8 Å². The van der Waals surface area contributed by atoms with Crippen LogP contribution in [-0.2, 0) is 4.74 Å². The Labute approximate surface area is 65.4 Å². The zero-order valence-corrected chi connectivity index (χ0v) is 6.85. The summed E-state index contributed by atoms with van der Waals surface area (Å²) >= 11 is 5.71. The molecule has 2 atom stereocenters. The average molecular weight is 163 g/mol. The van der Waals surface area contributed by atoms with Crippen molar-refractivity contribution in [3.63, 3.8) is 0 Å². The largest absolute Gasteiger partial charge is 0.366 e. The maximum Gasteiger partial charge on any atom is 0.115 e. The zero-order valence-electron chi connectivity index (χ0n) is 6.10. The molecule has 10 heavy (non-hydrogen) atoms. The molecule has 0 aromatic carbocycles. The molecule has 1 aliphatic heterocycles. The topological polar surface area (TPSA) is 33.6 Å². The molecule has 0 saturated carbocycles. The minimum absolute atomic E-state index is 0.0278. The van der Waals surface area contributed by atoms with Crippen molar-refractivity contribution in [2.45, 2.75) is 25.7 Å². The van der Waals surface area contributed by atoms with Gasteiger partial charge in [-0.05, 0) is 6.92 Å². The quantitative estimate of drug-likeness (QED) is 0.623. The number of hydrogen-bond acceptors (Lipinski definition) is 3. The first-order valence-electron chi connectivity index (χ1n) is 3.23. The van der Waals surface area contributed by atoms with Crippen LogP contribution in [0.1, 0.15) is 13.3 Å². The molecule has 2 unspecified atom stereocenters. The molecule has 0 saturated heterocycles. The number of nitrogens with zero attached hydrogens (tertiary/aromatic N) is 1. The highest BCUT2D eigenvalue weighted by Gasteiger charge is 2.17. The first kappa shape index (κ1) is 7.98. The maximum absolute atomic E-state index is 5.71. The number of halogens is 1. The minimum Gasteiger partial charge on any atom is -0.366 e. The lowest BCUT2D eigenvalue weighted by molar-refractivity contribution is 0.0676. The standard InChI is InChI=1S/C6H11ClN2O/c1-4-8-5(7)3-6(9-4)10-2/h4,6,9H,3H2,1-2H3. The van der Waals surface area contributed by atoms with E-state index in [0.717, 1.165) is 0 Å². The summed E-state index contributed by atoms with van der Waals surface area (Å²) in [4.78, 5) is 4.07. The molecule has 0 aliphatic carbocycles. The number of rotatable bonds is 1. The van der Waals surface area contributed by atoms with Gasteiger partial charge in [0.15, 0.2) is 0 Å². The molecule has 0 spiro atoms. The highest BCUT2D eigenvalue weighted by Crippen LogP contribution is 2.08. The summed E-state index contributed by atoms with van der Waals surface area (Å²) in [7, 11) is 1.65. The van der Waals surface area contributed by atoms with Gasteiger partial charge in [0.05, 0.1) is 6.17 Å². The molecule has 1 N–H and O–H groups in total. The van der Waals surface area contributed by atoms with Gasteiger partial charge in [-0.3, -0.25) is 10.3 Å². The Balaban J connectivity index is 2.52. The average Bonchev–Trinajstić information content (AvgIpc) is 1.85. The summed E-state index contributed by atoms with van der Waals surface area (Å²) in [5, 5.41) is 3.74. The normalized spacial score (nSPS) is 33.7. The third kappa shape index (κ3) is 1.94. The third-order valence-corrected chi connectivity index (χ3v) is 1.65. The Morgan fingerprint density at radius 1 is 1.80 bits per heavy atom. The van der Waals surface area contributed by atoms with Gasteiger partial charge in [0.1, 0.15) is 11.4 Å². The molecule has 1 heterocycles. The predicted octanol–water partition coefficient (Wildman–Crippen LogP) is 0.935. The molecule has 4 heteroatoms. The van der Waals surface area contributed by atoms with Crippen molar-refractivity contribution in [2.75, 3.05) is 7.11 Å². The number of ether oxygens (including phenoxy) is 1. The first-order valence-corrected chi connectivity index (χ1v) is 3.61. The van der Waals surface area contributed by atoms with E-state index in [-0.39, 0.29) is 12.4 Å². The lowest BCUT2D eigenvalue weighted by Crippen LogP contribution is -2.41. The lowest BCUT2D eigenvalue weighted by atomic mass is 10.3. The summed E-state index contributed by atoms with van der Waals surface area (Å²) in [6.07, 6.45) is 0.772. The number of hydrogen-bond donors (Lipinski definition) is 1. The Morgan fingerprint density at radius 3 is 3.00 bits per heavy atom. The molecule has 0 amide bonds. The Kier molecular flexibility index (Phi) is 2.65. The molecule has 0 aromatic rings. The number of methoxy groups -OCH3 is 1. The highest BCUT2D eigenvalue weighted by molar-refractivity contribution is 6.65. The van der Waals surface area contributed by atoms with Crippen molar-refractivity contribution in [3.05, 3.63) is 0 Å². The van der Waals surface area contributed by atoms with Crippen LogP contribution < -0.4 is 5.32 Å². The van der Waals surface area contributed by atoms with Crippen LogP contribution in [0.5, 0.6) is 0 Å². The van der Waals surface area contributed by atoms with Crippen LogP contribution in [0.2, 0.25) is 0 Å². The molecular formula is C6H11ClN2O. The van der Waals surface area contributed by atoms with Gasteiger partial charge in [0, 0.05) is 13.5 Å². The van der Waals surface area contributed by atoms with Gasteiger partial charge in [0.2, 0.25) is 0 Å². The van der Waals surface area contributed by atoms with Gasteiger partial charge in [0.25, 0.3) is 0 Å². The van der Waals surface area contributed by atoms with Gasteiger partial charge >= 0.3 is 0 Å². The van der Waals surface area contributed by atoms with Crippen molar-refractivity contribution in [1.82, 2.24) is 5.32 Å². The molecule has 0 fully saturated rings. The van der Waals surface area contributed by atoms with E-state index in [2.05, 4.69) is 10.3 Å². The molecular weight excluding hydrogens is 152 g/mol. The van der Waals surface area contributed by atoms with Crippen molar-refractivity contribution in [3.8, 4) is 0 Å². The number of aliphatic imine (C=N–C) groups is 1. The molecule has 1 aliphatic rings. The smallest absolute Gasteiger partial charge is 0.115 e. The Bertz CT molecular complexity index is 149. The maximum atomic E-state index is 5.71. The van der Waals surface area contributed by atoms with Gasteiger partial charge in [-0.2, -0.15) is 0 Å². The molecule has 0 bridgehead atoms. The van der Waals surface area contributed by atoms with E-state index in [1.54, 1.807) is 7.11 Å². The van der Waals surface area contributed by atoms with E-state index < -0.39 is 0 Å². The lowest BCUT2D eigenvalue weighted by Gasteiger charge is -2.23. The second-order valence-corrected chi connectivity index (χ2v) is 2.71. The Hall–Kier alpha value is -0.120. The van der Waals surface area contributed by atoms with Gasteiger partial charge < -0.3 is 4.74 Å². The van der Waals surface area contributed by atoms with E-state index >= 15 is 0 Å². The fourth-order valence-electron chi connectivity index (χ4n) is 0.932. The predicted molar refractivity (Wildman–Crippen MR) is 41.3 cm³/mol. The first-order chi connectivity index (χ1) is 4.72.